The highest BCUT2D eigenvalue weighted by Crippen LogP contribution is 2.23. The summed E-state index contributed by atoms with van der Waals surface area (Å²) in [5, 5.41) is 6.56. The van der Waals surface area contributed by atoms with Crippen molar-refractivity contribution in [3.05, 3.63) is 29.8 Å². The zero-order chi connectivity index (χ0) is 12.0. The molecule has 0 aliphatic carbocycles. The predicted molar refractivity (Wildman–Crippen MR) is 72.2 cm³/mol. The first kappa shape index (κ1) is 13.0. The van der Waals surface area contributed by atoms with Crippen molar-refractivity contribution in [3.8, 4) is 0 Å². The van der Waals surface area contributed by atoms with E-state index in [2.05, 4.69) is 55.7 Å². The van der Waals surface area contributed by atoms with Crippen LogP contribution in [0.2, 0.25) is 0 Å². The summed E-state index contributed by atoms with van der Waals surface area (Å²) in [6.07, 6.45) is 1.15. The fraction of sp³-hybridized carbons (Fsp3) is 0.571. The van der Waals surface area contributed by atoms with Gasteiger partial charge in [-0.25, -0.2) is 0 Å². The summed E-state index contributed by atoms with van der Waals surface area (Å²) >= 11 is 0. The molecular formula is C14H24N2. The quantitative estimate of drug-likeness (QED) is 0.745. The van der Waals surface area contributed by atoms with Crippen LogP contribution in [-0.4, -0.2) is 20.1 Å². The van der Waals surface area contributed by atoms with Gasteiger partial charge < -0.3 is 10.6 Å². The van der Waals surface area contributed by atoms with Crippen molar-refractivity contribution in [2.75, 3.05) is 25.5 Å². The summed E-state index contributed by atoms with van der Waals surface area (Å²) in [6, 6.07) is 8.75. The molecule has 0 spiro atoms. The van der Waals surface area contributed by atoms with Gasteiger partial charge in [0, 0.05) is 12.2 Å². The third-order valence-corrected chi connectivity index (χ3v) is 2.68. The lowest BCUT2D eigenvalue weighted by atomic mass is 9.87. The van der Waals surface area contributed by atoms with Gasteiger partial charge in [0.1, 0.15) is 0 Å². The van der Waals surface area contributed by atoms with Crippen molar-refractivity contribution in [3.63, 3.8) is 0 Å². The second-order valence-electron chi connectivity index (χ2n) is 5.21. The molecule has 0 bridgehead atoms. The molecule has 0 atom stereocenters. The van der Waals surface area contributed by atoms with Crippen LogP contribution in [-0.2, 0) is 5.41 Å². The molecule has 0 aliphatic heterocycles. The van der Waals surface area contributed by atoms with Crippen LogP contribution >= 0.6 is 0 Å². The Morgan fingerprint density at radius 1 is 1.00 bits per heavy atom. The normalized spacial score (nSPS) is 11.5. The van der Waals surface area contributed by atoms with E-state index in [1.807, 2.05) is 7.05 Å². The van der Waals surface area contributed by atoms with Crippen molar-refractivity contribution in [2.24, 2.45) is 0 Å². The number of rotatable bonds is 5. The minimum atomic E-state index is 0.241. The van der Waals surface area contributed by atoms with E-state index in [4.69, 9.17) is 0 Å². The molecule has 0 heterocycles. The fourth-order valence-corrected chi connectivity index (χ4v) is 1.59. The van der Waals surface area contributed by atoms with E-state index in [1.54, 1.807) is 0 Å². The summed E-state index contributed by atoms with van der Waals surface area (Å²) in [5.41, 5.74) is 2.84. The fourth-order valence-electron chi connectivity index (χ4n) is 1.59. The Labute approximate surface area is 99.5 Å². The Morgan fingerprint density at radius 2 is 1.62 bits per heavy atom. The molecule has 0 saturated carbocycles. The molecule has 1 aromatic carbocycles. The summed E-state index contributed by atoms with van der Waals surface area (Å²) in [4.78, 5) is 0. The molecule has 0 unspecified atom stereocenters. The lowest BCUT2D eigenvalue weighted by Crippen LogP contribution is -2.13. The van der Waals surface area contributed by atoms with Gasteiger partial charge in [-0.2, -0.15) is 0 Å². The van der Waals surface area contributed by atoms with Crippen LogP contribution in [0.4, 0.5) is 5.69 Å². The molecule has 0 amide bonds. The third-order valence-electron chi connectivity index (χ3n) is 2.68. The van der Waals surface area contributed by atoms with Gasteiger partial charge in [0.2, 0.25) is 0 Å². The Hall–Kier alpha value is -1.02. The van der Waals surface area contributed by atoms with Gasteiger partial charge in [-0.1, -0.05) is 32.9 Å². The van der Waals surface area contributed by atoms with Crippen molar-refractivity contribution >= 4 is 5.69 Å². The molecule has 0 aromatic heterocycles. The van der Waals surface area contributed by atoms with Gasteiger partial charge in [-0.05, 0) is 43.1 Å². The zero-order valence-electron chi connectivity index (χ0n) is 10.9. The molecule has 1 rings (SSSR count). The van der Waals surface area contributed by atoms with Gasteiger partial charge in [-0.15, -0.1) is 0 Å². The number of nitrogens with one attached hydrogen (secondary N) is 2. The highest BCUT2D eigenvalue weighted by Gasteiger charge is 2.12. The minimum Gasteiger partial charge on any atom is -0.385 e. The van der Waals surface area contributed by atoms with Crippen molar-refractivity contribution in [2.45, 2.75) is 32.6 Å². The lowest BCUT2D eigenvalue weighted by molar-refractivity contribution is 0.590. The van der Waals surface area contributed by atoms with Gasteiger partial charge in [-0.3, -0.25) is 0 Å². The average Bonchev–Trinajstić information content (AvgIpc) is 2.24. The van der Waals surface area contributed by atoms with Gasteiger partial charge in [0.25, 0.3) is 0 Å². The molecule has 2 heteroatoms. The number of anilines is 1. The smallest absolute Gasteiger partial charge is 0.0340 e. The average molecular weight is 220 g/mol. The first-order valence-corrected chi connectivity index (χ1v) is 6.03. The summed E-state index contributed by atoms with van der Waals surface area (Å²) in [7, 11) is 1.98. The molecule has 0 saturated heterocycles. The Balaban J connectivity index is 2.46. The molecule has 1 aromatic rings. The van der Waals surface area contributed by atoms with E-state index < -0.39 is 0 Å². The maximum atomic E-state index is 3.42. The summed E-state index contributed by atoms with van der Waals surface area (Å²) in [5.74, 6) is 0. The molecule has 0 fully saturated rings. The highest BCUT2D eigenvalue weighted by atomic mass is 14.9. The van der Waals surface area contributed by atoms with Crippen LogP contribution in [0.5, 0.6) is 0 Å². The lowest BCUT2D eigenvalue weighted by Gasteiger charge is -2.19. The maximum Gasteiger partial charge on any atom is 0.0340 e. The Morgan fingerprint density at radius 3 is 2.12 bits per heavy atom. The topological polar surface area (TPSA) is 24.1 Å². The second-order valence-corrected chi connectivity index (χ2v) is 5.21. The van der Waals surface area contributed by atoms with Crippen LogP contribution in [0.1, 0.15) is 32.8 Å². The van der Waals surface area contributed by atoms with E-state index in [-0.39, 0.29) is 5.41 Å². The molecular weight excluding hydrogens is 196 g/mol. The largest absolute Gasteiger partial charge is 0.385 e. The monoisotopic (exact) mass is 220 g/mol. The van der Waals surface area contributed by atoms with E-state index in [9.17, 15) is 0 Å². The molecule has 0 aliphatic rings. The van der Waals surface area contributed by atoms with Crippen molar-refractivity contribution < 1.29 is 0 Å². The number of hydrogen-bond acceptors (Lipinski definition) is 2. The number of benzene rings is 1. The summed E-state index contributed by atoms with van der Waals surface area (Å²) < 4.78 is 0. The Kier molecular flexibility index (Phi) is 4.81. The van der Waals surface area contributed by atoms with Crippen molar-refractivity contribution in [1.29, 1.82) is 0 Å². The Bertz CT molecular complexity index is 296. The molecule has 2 nitrogen and oxygen atoms in total. The van der Waals surface area contributed by atoms with Crippen molar-refractivity contribution in [1.82, 2.24) is 5.32 Å². The minimum absolute atomic E-state index is 0.241. The second kappa shape index (κ2) is 5.90. The van der Waals surface area contributed by atoms with Gasteiger partial charge in [0.15, 0.2) is 0 Å². The molecule has 90 valence electrons. The van der Waals surface area contributed by atoms with Gasteiger partial charge >= 0.3 is 0 Å². The van der Waals surface area contributed by atoms with E-state index in [1.165, 1.54) is 11.3 Å². The van der Waals surface area contributed by atoms with Crippen LogP contribution in [0, 0.1) is 0 Å². The number of hydrogen-bond donors (Lipinski definition) is 2. The van der Waals surface area contributed by atoms with Crippen LogP contribution in [0.3, 0.4) is 0 Å². The van der Waals surface area contributed by atoms with E-state index >= 15 is 0 Å². The highest BCUT2D eigenvalue weighted by molar-refractivity contribution is 5.45. The van der Waals surface area contributed by atoms with Crippen LogP contribution in [0.15, 0.2) is 24.3 Å². The van der Waals surface area contributed by atoms with Crippen LogP contribution in [0.25, 0.3) is 0 Å². The van der Waals surface area contributed by atoms with Gasteiger partial charge in [0.05, 0.1) is 0 Å². The molecule has 0 radical (unpaired) electrons. The first-order chi connectivity index (χ1) is 7.54. The first-order valence-electron chi connectivity index (χ1n) is 6.03. The molecule has 2 N–H and O–H groups in total. The zero-order valence-corrected chi connectivity index (χ0v) is 10.9. The molecule has 16 heavy (non-hydrogen) atoms. The maximum absolute atomic E-state index is 3.42. The SMILES string of the molecule is CNCCCNc1ccc(C(C)(C)C)cc1. The standard InChI is InChI=1S/C14H24N2/c1-14(2,3)12-6-8-13(9-7-12)16-11-5-10-15-4/h6-9,15-16H,5,10-11H2,1-4H3. The predicted octanol–water partition coefficient (Wildman–Crippen LogP) is 3.01. The van der Waals surface area contributed by atoms with Crippen LogP contribution < -0.4 is 10.6 Å². The van der Waals surface area contributed by atoms with E-state index in [0.29, 0.717) is 0 Å². The third kappa shape index (κ3) is 4.23. The summed E-state index contributed by atoms with van der Waals surface area (Å²) in [6.45, 7) is 8.80. The van der Waals surface area contributed by atoms with E-state index in [0.717, 1.165) is 19.5 Å².